The van der Waals surface area contributed by atoms with Gasteiger partial charge in [-0.2, -0.15) is 0 Å². The van der Waals surface area contributed by atoms with Crippen LogP contribution in [0.15, 0.2) is 199 Å². The fraction of sp³-hybridized carbons (Fsp3) is 0. The van der Waals surface area contributed by atoms with Crippen LogP contribution in [0, 0.1) is 0 Å². The summed E-state index contributed by atoms with van der Waals surface area (Å²) < 4.78 is 8.89. The average molecular weight is 717 g/mol. The monoisotopic (exact) mass is 716 g/mol. The first-order valence-electron chi connectivity index (χ1n) is 18.8. The lowest BCUT2D eigenvalue weighted by atomic mass is 9.99. The van der Waals surface area contributed by atoms with E-state index in [4.69, 9.17) is 19.4 Å². The van der Waals surface area contributed by atoms with Crippen molar-refractivity contribution in [2.45, 2.75) is 0 Å². The molecule has 0 aliphatic carbocycles. The van der Waals surface area contributed by atoms with Gasteiger partial charge in [0.1, 0.15) is 11.2 Å². The van der Waals surface area contributed by atoms with Crippen LogP contribution in [0.2, 0.25) is 0 Å². The first-order valence-corrected chi connectivity index (χ1v) is 18.8. The van der Waals surface area contributed by atoms with E-state index in [0.717, 1.165) is 61.0 Å². The number of aromatic nitrogens is 4. The van der Waals surface area contributed by atoms with Crippen LogP contribution in [0.3, 0.4) is 0 Å². The van der Waals surface area contributed by atoms with Gasteiger partial charge in [0.15, 0.2) is 17.5 Å². The molecule has 0 spiro atoms. The summed E-state index contributed by atoms with van der Waals surface area (Å²) in [6, 6.07) is 67.5. The van der Waals surface area contributed by atoms with Crippen molar-refractivity contribution >= 4 is 43.7 Å². The zero-order chi connectivity index (χ0) is 37.0. The highest BCUT2D eigenvalue weighted by Crippen LogP contribution is 2.41. The van der Waals surface area contributed by atoms with Gasteiger partial charge in [-0.25, -0.2) is 15.0 Å². The molecule has 3 heterocycles. The maximum absolute atomic E-state index is 6.49. The Morgan fingerprint density at radius 1 is 0.339 bits per heavy atom. The SMILES string of the molecule is c1ccc(-c2nc(-c3ccccc3)nc(-c3cccc4oc5ccc(-c6ccc7c(c6)c6ccccc6n7-c6ccccc6-c6ccccc6)cc5c34)n2)cc1. The van der Waals surface area contributed by atoms with Crippen LogP contribution in [-0.4, -0.2) is 19.5 Å². The molecule has 8 aromatic carbocycles. The molecule has 0 saturated carbocycles. The fourth-order valence-electron chi connectivity index (χ4n) is 8.06. The number of hydrogen-bond acceptors (Lipinski definition) is 4. The van der Waals surface area contributed by atoms with Crippen LogP contribution < -0.4 is 0 Å². The third kappa shape index (κ3) is 5.29. The van der Waals surface area contributed by atoms with Gasteiger partial charge >= 0.3 is 0 Å². The molecular weight excluding hydrogens is 685 g/mol. The first kappa shape index (κ1) is 31.9. The minimum Gasteiger partial charge on any atom is -0.456 e. The number of fused-ring (bicyclic) bond motifs is 6. The number of rotatable bonds is 6. The van der Waals surface area contributed by atoms with E-state index >= 15 is 0 Å². The van der Waals surface area contributed by atoms with Gasteiger partial charge in [0.05, 0.1) is 16.7 Å². The van der Waals surface area contributed by atoms with E-state index in [0.29, 0.717) is 17.5 Å². The Morgan fingerprint density at radius 2 is 0.893 bits per heavy atom. The van der Waals surface area contributed by atoms with Crippen molar-refractivity contribution in [1.82, 2.24) is 19.5 Å². The van der Waals surface area contributed by atoms with Crippen molar-refractivity contribution in [3.8, 4) is 62.1 Å². The molecule has 5 nitrogen and oxygen atoms in total. The van der Waals surface area contributed by atoms with Crippen LogP contribution in [-0.2, 0) is 0 Å². The molecule has 0 aliphatic heterocycles. The van der Waals surface area contributed by atoms with Crippen LogP contribution in [0.5, 0.6) is 0 Å². The van der Waals surface area contributed by atoms with Gasteiger partial charge in [-0.05, 0) is 59.2 Å². The summed E-state index contributed by atoms with van der Waals surface area (Å²) >= 11 is 0. The lowest BCUT2D eigenvalue weighted by Crippen LogP contribution is -2.00. The first-order chi connectivity index (χ1) is 27.8. The number of furan rings is 1. The third-order valence-electron chi connectivity index (χ3n) is 10.7. The predicted octanol–water partition coefficient (Wildman–Crippen LogP) is 13.2. The average Bonchev–Trinajstić information content (AvgIpc) is 3.82. The van der Waals surface area contributed by atoms with E-state index in [9.17, 15) is 0 Å². The van der Waals surface area contributed by atoms with Gasteiger partial charge in [-0.1, -0.05) is 152 Å². The number of nitrogens with zero attached hydrogens (tertiary/aromatic N) is 4. The molecule has 11 rings (SSSR count). The quantitative estimate of drug-likeness (QED) is 0.172. The smallest absolute Gasteiger partial charge is 0.164 e. The Kier molecular flexibility index (Phi) is 7.42. The van der Waals surface area contributed by atoms with Crippen molar-refractivity contribution in [1.29, 1.82) is 0 Å². The van der Waals surface area contributed by atoms with Crippen molar-refractivity contribution in [2.24, 2.45) is 0 Å². The van der Waals surface area contributed by atoms with Crippen LogP contribution in [0.4, 0.5) is 0 Å². The largest absolute Gasteiger partial charge is 0.456 e. The second-order valence-corrected chi connectivity index (χ2v) is 14.0. The maximum atomic E-state index is 6.49. The molecule has 0 aliphatic rings. The minimum atomic E-state index is 0.599. The maximum Gasteiger partial charge on any atom is 0.164 e. The summed E-state index contributed by atoms with van der Waals surface area (Å²) in [6.07, 6.45) is 0. The molecule has 0 saturated heterocycles. The number of hydrogen-bond donors (Lipinski definition) is 0. The molecule has 0 radical (unpaired) electrons. The van der Waals surface area contributed by atoms with Gasteiger partial charge in [0.25, 0.3) is 0 Å². The zero-order valence-electron chi connectivity index (χ0n) is 30.2. The van der Waals surface area contributed by atoms with Crippen LogP contribution >= 0.6 is 0 Å². The van der Waals surface area contributed by atoms with Gasteiger partial charge in [0, 0.05) is 43.8 Å². The Labute approximate surface area is 322 Å². The lowest BCUT2D eigenvalue weighted by Gasteiger charge is -2.14. The second kappa shape index (κ2) is 13.0. The van der Waals surface area contributed by atoms with E-state index in [2.05, 4.69) is 126 Å². The lowest BCUT2D eigenvalue weighted by molar-refractivity contribution is 0.669. The van der Waals surface area contributed by atoms with E-state index < -0.39 is 0 Å². The second-order valence-electron chi connectivity index (χ2n) is 14.0. The Bertz CT molecular complexity index is 3180. The molecule has 0 N–H and O–H groups in total. The predicted molar refractivity (Wildman–Crippen MR) is 229 cm³/mol. The topological polar surface area (TPSA) is 56.7 Å². The number of benzene rings is 8. The Balaban J connectivity index is 1.08. The molecule has 0 amide bonds. The third-order valence-corrected chi connectivity index (χ3v) is 10.7. The van der Waals surface area contributed by atoms with E-state index in [1.54, 1.807) is 0 Å². The Hall–Kier alpha value is -7.63. The van der Waals surface area contributed by atoms with Crippen molar-refractivity contribution in [3.63, 3.8) is 0 Å². The van der Waals surface area contributed by atoms with E-state index in [1.165, 1.54) is 27.4 Å². The molecule has 3 aromatic heterocycles. The highest BCUT2D eigenvalue weighted by molar-refractivity contribution is 6.14. The van der Waals surface area contributed by atoms with E-state index in [-0.39, 0.29) is 0 Å². The summed E-state index contributed by atoms with van der Waals surface area (Å²) in [4.78, 5) is 15.1. The van der Waals surface area contributed by atoms with E-state index in [1.807, 2.05) is 72.8 Å². The molecule has 0 bridgehead atoms. The van der Waals surface area contributed by atoms with Crippen LogP contribution in [0.1, 0.15) is 0 Å². The minimum absolute atomic E-state index is 0.599. The summed E-state index contributed by atoms with van der Waals surface area (Å²) in [5, 5.41) is 4.40. The van der Waals surface area contributed by atoms with Gasteiger partial charge in [-0.15, -0.1) is 0 Å². The standard InChI is InChI=1S/C51H32N4O/c1-4-15-33(16-5-1)38-21-10-12-24-43(38)55-44-25-13-11-22-39(44)41-31-36(27-29-45(41)55)37-28-30-46-42(32-37)48-40(23-14-26-47(48)56-46)51-53-49(34-17-6-2-7-18-34)52-50(54-51)35-19-8-3-9-20-35/h1-32H. The van der Waals surface area contributed by atoms with Crippen LogP contribution in [0.25, 0.3) is 106 Å². The molecule has 0 atom stereocenters. The zero-order valence-corrected chi connectivity index (χ0v) is 30.2. The highest BCUT2D eigenvalue weighted by atomic mass is 16.3. The molecule has 0 fully saturated rings. The summed E-state index contributed by atoms with van der Waals surface area (Å²) in [7, 11) is 0. The molecule has 5 heteroatoms. The molecule has 0 unspecified atom stereocenters. The van der Waals surface area contributed by atoms with Crippen molar-refractivity contribution in [3.05, 3.63) is 194 Å². The van der Waals surface area contributed by atoms with Gasteiger partial charge in [0.2, 0.25) is 0 Å². The molecule has 11 aromatic rings. The normalized spacial score (nSPS) is 11.6. The highest BCUT2D eigenvalue weighted by Gasteiger charge is 2.20. The Morgan fingerprint density at radius 3 is 1.62 bits per heavy atom. The van der Waals surface area contributed by atoms with Gasteiger partial charge in [-0.3, -0.25) is 0 Å². The summed E-state index contributed by atoms with van der Waals surface area (Å²) in [5.74, 6) is 1.85. The summed E-state index contributed by atoms with van der Waals surface area (Å²) in [6.45, 7) is 0. The molecular formula is C51H32N4O. The molecule has 56 heavy (non-hydrogen) atoms. The van der Waals surface area contributed by atoms with Crippen molar-refractivity contribution < 1.29 is 4.42 Å². The summed E-state index contributed by atoms with van der Waals surface area (Å²) in [5.41, 5.74) is 12.5. The molecule has 262 valence electrons. The fourth-order valence-corrected chi connectivity index (χ4v) is 8.06. The van der Waals surface area contributed by atoms with Crippen molar-refractivity contribution in [2.75, 3.05) is 0 Å². The van der Waals surface area contributed by atoms with Gasteiger partial charge < -0.3 is 8.98 Å². The number of para-hydroxylation sites is 2.